The van der Waals surface area contributed by atoms with Gasteiger partial charge in [-0.3, -0.25) is 0 Å². The summed E-state index contributed by atoms with van der Waals surface area (Å²) in [6, 6.07) is 7.16. The predicted octanol–water partition coefficient (Wildman–Crippen LogP) is 3.44. The van der Waals surface area contributed by atoms with E-state index >= 15 is 0 Å². The van der Waals surface area contributed by atoms with Crippen molar-refractivity contribution in [1.82, 2.24) is 0 Å². The van der Waals surface area contributed by atoms with Crippen molar-refractivity contribution in [3.05, 3.63) is 23.8 Å². The highest BCUT2D eigenvalue weighted by Gasteiger charge is 2.10. The third-order valence-corrected chi connectivity index (χ3v) is 3.97. The number of nitrogens with two attached hydrogens (primary N) is 1. The quantitative estimate of drug-likeness (QED) is 0.590. The van der Waals surface area contributed by atoms with Crippen molar-refractivity contribution in [3.8, 4) is 11.5 Å². The minimum absolute atomic E-state index is 0.409. The second-order valence-corrected chi connectivity index (χ2v) is 7.18. The van der Waals surface area contributed by atoms with Crippen molar-refractivity contribution < 1.29 is 9.16 Å². The van der Waals surface area contributed by atoms with Crippen molar-refractivity contribution in [3.63, 3.8) is 0 Å². The van der Waals surface area contributed by atoms with Gasteiger partial charge in [0.05, 0.1) is 7.11 Å². The van der Waals surface area contributed by atoms with Crippen LogP contribution in [0.1, 0.15) is 39.2 Å². The fourth-order valence-electron chi connectivity index (χ4n) is 1.94. The molecule has 1 aromatic carbocycles. The maximum Gasteiger partial charge on any atom is 0.310 e. The Hall–Kier alpha value is -1.00. The van der Waals surface area contributed by atoms with E-state index in [1.165, 1.54) is 18.4 Å². The normalized spacial score (nSPS) is 11.4. The topological polar surface area (TPSA) is 44.5 Å². The summed E-state index contributed by atoms with van der Waals surface area (Å²) < 4.78 is 11.2. The first-order valence-electron chi connectivity index (χ1n) is 7.23. The molecule has 0 saturated heterocycles. The lowest BCUT2D eigenvalue weighted by Gasteiger charge is -2.17. The molecular weight excluding hydrogens is 266 g/mol. The second-order valence-electron chi connectivity index (χ2n) is 6.18. The van der Waals surface area contributed by atoms with Crippen LogP contribution in [0.2, 0.25) is 6.04 Å². The molecule has 2 radical (unpaired) electrons. The van der Waals surface area contributed by atoms with Crippen LogP contribution in [0.5, 0.6) is 11.5 Å². The van der Waals surface area contributed by atoms with Crippen LogP contribution in [0.4, 0.5) is 0 Å². The fourth-order valence-corrected chi connectivity index (χ4v) is 2.69. The molecule has 112 valence electrons. The zero-order valence-electron chi connectivity index (χ0n) is 13.2. The number of hydrogen-bond acceptors (Lipinski definition) is 3. The molecule has 0 aliphatic heterocycles. The molecule has 0 heterocycles. The fraction of sp³-hybridized carbons (Fsp3) is 0.625. The number of benzene rings is 1. The third-order valence-electron chi connectivity index (χ3n) is 3.05. The van der Waals surface area contributed by atoms with Gasteiger partial charge < -0.3 is 14.9 Å². The third kappa shape index (κ3) is 6.44. The maximum atomic E-state index is 5.85. The molecule has 1 rings (SSSR count). The van der Waals surface area contributed by atoms with E-state index in [0.29, 0.717) is 21.7 Å². The van der Waals surface area contributed by atoms with Crippen LogP contribution in [0.3, 0.4) is 0 Å². The monoisotopic (exact) mass is 293 g/mol. The van der Waals surface area contributed by atoms with Gasteiger partial charge in [0.15, 0.2) is 5.75 Å². The lowest BCUT2D eigenvalue weighted by atomic mass is 9.91. The molecule has 3 nitrogen and oxygen atoms in total. The zero-order valence-corrected chi connectivity index (χ0v) is 14.2. The van der Waals surface area contributed by atoms with Crippen LogP contribution in [-0.4, -0.2) is 23.4 Å². The van der Waals surface area contributed by atoms with Crippen molar-refractivity contribution in [2.24, 2.45) is 11.1 Å². The van der Waals surface area contributed by atoms with E-state index in [4.69, 9.17) is 14.9 Å². The van der Waals surface area contributed by atoms with Crippen LogP contribution >= 0.6 is 0 Å². The largest absolute Gasteiger partial charge is 0.538 e. The van der Waals surface area contributed by atoms with Gasteiger partial charge in [-0.2, -0.15) is 0 Å². The molecule has 0 aromatic heterocycles. The average molecular weight is 293 g/mol. The molecule has 0 aliphatic carbocycles. The molecule has 0 spiro atoms. The summed E-state index contributed by atoms with van der Waals surface area (Å²) in [4.78, 5) is 0. The Balaban J connectivity index is 2.43. The Morgan fingerprint density at radius 1 is 1.20 bits per heavy atom. The lowest BCUT2D eigenvalue weighted by molar-refractivity contribution is 0.370. The van der Waals surface area contributed by atoms with Crippen molar-refractivity contribution in [2.75, 3.05) is 13.7 Å². The standard InChI is InChI=1S/C16H27NO2Si/c1-16(2,3)9-5-11-20-19-14-7-6-13(8-10-17)12-15(14)18-4/h6-7,12H,5,8-11,17H2,1-4H3. The van der Waals surface area contributed by atoms with E-state index < -0.39 is 0 Å². The molecule has 0 saturated carbocycles. The molecule has 0 amide bonds. The van der Waals surface area contributed by atoms with Gasteiger partial charge in [-0.1, -0.05) is 33.3 Å². The molecule has 0 unspecified atom stereocenters. The van der Waals surface area contributed by atoms with Crippen LogP contribution in [0.15, 0.2) is 18.2 Å². The van der Waals surface area contributed by atoms with Gasteiger partial charge >= 0.3 is 9.76 Å². The van der Waals surface area contributed by atoms with Gasteiger partial charge in [0.1, 0.15) is 5.75 Å². The maximum absolute atomic E-state index is 5.85. The second kappa shape index (κ2) is 8.32. The number of methoxy groups -OCH3 is 1. The number of hydrogen-bond donors (Lipinski definition) is 1. The van der Waals surface area contributed by atoms with E-state index in [1.807, 2.05) is 12.1 Å². The highest BCUT2D eigenvalue weighted by atomic mass is 28.2. The molecule has 2 N–H and O–H groups in total. The summed E-state index contributed by atoms with van der Waals surface area (Å²) in [6.45, 7) is 7.47. The summed E-state index contributed by atoms with van der Waals surface area (Å²) in [5.74, 6) is 1.64. The van der Waals surface area contributed by atoms with Gasteiger partial charge in [-0.05, 0) is 48.5 Å². The Bertz CT molecular complexity index is 402. The SMILES string of the molecule is COc1cc(CCN)ccc1O[Si]CCCC(C)(C)C. The molecule has 20 heavy (non-hydrogen) atoms. The van der Waals surface area contributed by atoms with Crippen molar-refractivity contribution >= 4 is 9.76 Å². The Morgan fingerprint density at radius 3 is 2.55 bits per heavy atom. The highest BCUT2D eigenvalue weighted by Crippen LogP contribution is 2.28. The Labute approximate surface area is 125 Å². The van der Waals surface area contributed by atoms with Gasteiger partial charge in [-0.15, -0.1) is 0 Å². The van der Waals surface area contributed by atoms with Gasteiger partial charge in [0, 0.05) is 0 Å². The van der Waals surface area contributed by atoms with Crippen molar-refractivity contribution in [1.29, 1.82) is 0 Å². The first-order chi connectivity index (χ1) is 9.46. The molecular formula is C16H27NO2Si. The molecule has 0 atom stereocenters. The van der Waals surface area contributed by atoms with Crippen LogP contribution in [0, 0.1) is 5.41 Å². The number of ether oxygens (including phenoxy) is 1. The van der Waals surface area contributed by atoms with Crippen LogP contribution in [0.25, 0.3) is 0 Å². The first-order valence-corrected chi connectivity index (χ1v) is 8.34. The molecule has 4 heteroatoms. The average Bonchev–Trinajstić information content (AvgIpc) is 2.38. The minimum Gasteiger partial charge on any atom is -0.538 e. The van der Waals surface area contributed by atoms with Gasteiger partial charge in [0.2, 0.25) is 0 Å². The van der Waals surface area contributed by atoms with Crippen LogP contribution in [-0.2, 0) is 6.42 Å². The number of rotatable bonds is 8. The van der Waals surface area contributed by atoms with Gasteiger partial charge in [-0.25, -0.2) is 0 Å². The summed E-state index contributed by atoms with van der Waals surface area (Å²) in [7, 11) is 2.17. The summed E-state index contributed by atoms with van der Waals surface area (Å²) >= 11 is 0. The van der Waals surface area contributed by atoms with Gasteiger partial charge in [0.25, 0.3) is 0 Å². The first kappa shape index (κ1) is 17.0. The smallest absolute Gasteiger partial charge is 0.310 e. The minimum atomic E-state index is 0.409. The Morgan fingerprint density at radius 2 is 1.95 bits per heavy atom. The Kier molecular flexibility index (Phi) is 7.09. The van der Waals surface area contributed by atoms with E-state index in [0.717, 1.165) is 24.0 Å². The highest BCUT2D eigenvalue weighted by molar-refractivity contribution is 6.28. The summed E-state index contributed by atoms with van der Waals surface area (Å²) in [5.41, 5.74) is 7.16. The van der Waals surface area contributed by atoms with E-state index in [-0.39, 0.29) is 0 Å². The van der Waals surface area contributed by atoms with Crippen molar-refractivity contribution in [2.45, 2.75) is 46.1 Å². The molecule has 0 fully saturated rings. The molecule has 1 aromatic rings. The zero-order chi connectivity index (χ0) is 15.0. The predicted molar refractivity (Wildman–Crippen MR) is 85.6 cm³/mol. The molecule has 0 aliphatic rings. The lowest BCUT2D eigenvalue weighted by Crippen LogP contribution is -2.08. The molecule has 0 bridgehead atoms. The van der Waals surface area contributed by atoms with Crippen LogP contribution < -0.4 is 14.9 Å². The summed E-state index contributed by atoms with van der Waals surface area (Å²) in [5, 5.41) is 0. The van der Waals surface area contributed by atoms with E-state index in [1.54, 1.807) is 7.11 Å². The van der Waals surface area contributed by atoms with E-state index in [9.17, 15) is 0 Å². The van der Waals surface area contributed by atoms with E-state index in [2.05, 4.69) is 26.8 Å². The summed E-state index contributed by atoms with van der Waals surface area (Å²) in [6.07, 6.45) is 3.30.